The molecule has 1 unspecified atom stereocenters. The molecule has 3 heteroatoms. The Labute approximate surface area is 109 Å². The van der Waals surface area contributed by atoms with Crippen LogP contribution in [0, 0.1) is 0 Å². The fraction of sp³-hybridized carbons (Fsp3) is 0.467. The third-order valence-corrected chi connectivity index (χ3v) is 3.89. The van der Waals surface area contributed by atoms with E-state index in [1.165, 1.54) is 16.5 Å². The van der Waals surface area contributed by atoms with E-state index in [0.29, 0.717) is 0 Å². The summed E-state index contributed by atoms with van der Waals surface area (Å²) in [6.07, 6.45) is 2.23. The summed E-state index contributed by atoms with van der Waals surface area (Å²) in [5, 5.41) is 8.15. The van der Waals surface area contributed by atoms with Crippen molar-refractivity contribution in [3.63, 3.8) is 0 Å². The van der Waals surface area contributed by atoms with E-state index in [2.05, 4.69) is 66.6 Å². The number of aromatic nitrogens is 1. The maximum atomic E-state index is 3.44. The van der Waals surface area contributed by atoms with Crippen LogP contribution >= 0.6 is 0 Å². The molecule has 0 radical (unpaired) electrons. The Morgan fingerprint density at radius 1 is 1.17 bits per heavy atom. The summed E-state index contributed by atoms with van der Waals surface area (Å²) in [5.74, 6) is 0. The number of nitrogens with zero attached hydrogens (tertiary/aromatic N) is 1. The zero-order chi connectivity index (χ0) is 13.3. The molecule has 1 aromatic carbocycles. The number of benzene rings is 1. The number of aryl methyl sites for hydroxylation is 1. The first-order valence-corrected chi connectivity index (χ1v) is 6.41. The molecule has 0 aliphatic heterocycles. The van der Waals surface area contributed by atoms with Crippen LogP contribution < -0.4 is 10.6 Å². The average Bonchev–Trinajstić information content (AvgIpc) is 2.68. The van der Waals surface area contributed by atoms with Crippen molar-refractivity contribution >= 4 is 10.9 Å². The molecule has 1 aromatic heterocycles. The van der Waals surface area contributed by atoms with Crippen molar-refractivity contribution in [3.05, 3.63) is 36.0 Å². The highest BCUT2D eigenvalue weighted by atomic mass is 15.0. The summed E-state index contributed by atoms with van der Waals surface area (Å²) in [6.45, 7) is 4.44. The average molecular weight is 245 g/mol. The van der Waals surface area contributed by atoms with E-state index in [0.717, 1.165) is 0 Å². The lowest BCUT2D eigenvalue weighted by Crippen LogP contribution is -2.47. The van der Waals surface area contributed by atoms with Gasteiger partial charge in [-0.2, -0.15) is 0 Å². The molecule has 0 aliphatic rings. The highest BCUT2D eigenvalue weighted by Gasteiger charge is 2.29. The number of rotatable bonds is 4. The second-order valence-corrected chi connectivity index (χ2v) is 5.41. The molecule has 18 heavy (non-hydrogen) atoms. The van der Waals surface area contributed by atoms with Crippen molar-refractivity contribution < 1.29 is 0 Å². The minimum atomic E-state index is -0.00112. The van der Waals surface area contributed by atoms with Crippen LogP contribution in [0.15, 0.2) is 30.5 Å². The molecule has 0 saturated heterocycles. The first kappa shape index (κ1) is 13.1. The second kappa shape index (κ2) is 4.75. The van der Waals surface area contributed by atoms with E-state index in [-0.39, 0.29) is 11.6 Å². The molecule has 2 rings (SSSR count). The predicted octanol–water partition coefficient (Wildman–Crippen LogP) is 2.44. The van der Waals surface area contributed by atoms with E-state index >= 15 is 0 Å². The first-order chi connectivity index (χ1) is 8.51. The highest BCUT2D eigenvalue weighted by molar-refractivity contribution is 5.84. The molecule has 0 spiro atoms. The summed E-state index contributed by atoms with van der Waals surface area (Å²) in [5.41, 5.74) is 2.62. The monoisotopic (exact) mass is 245 g/mol. The van der Waals surface area contributed by atoms with E-state index in [4.69, 9.17) is 0 Å². The van der Waals surface area contributed by atoms with Crippen molar-refractivity contribution in [2.45, 2.75) is 25.4 Å². The maximum Gasteiger partial charge on any atom is 0.0518 e. The SMILES string of the molecule is CNC(c1cn(C)c2ccccc12)C(C)(C)NC. The van der Waals surface area contributed by atoms with Gasteiger partial charge in [-0.25, -0.2) is 0 Å². The van der Waals surface area contributed by atoms with Crippen LogP contribution in [-0.4, -0.2) is 24.2 Å². The van der Waals surface area contributed by atoms with Crippen LogP contribution in [0.25, 0.3) is 10.9 Å². The zero-order valence-corrected chi connectivity index (χ0v) is 11.9. The molecular weight excluding hydrogens is 222 g/mol. The Bertz CT molecular complexity index is 540. The van der Waals surface area contributed by atoms with E-state index in [9.17, 15) is 0 Å². The Morgan fingerprint density at radius 2 is 1.83 bits per heavy atom. The number of hydrogen-bond acceptors (Lipinski definition) is 2. The molecule has 0 fully saturated rings. The largest absolute Gasteiger partial charge is 0.350 e. The molecule has 3 nitrogen and oxygen atoms in total. The van der Waals surface area contributed by atoms with Crippen LogP contribution in [0.3, 0.4) is 0 Å². The van der Waals surface area contributed by atoms with Crippen LogP contribution in [0.2, 0.25) is 0 Å². The van der Waals surface area contributed by atoms with Gasteiger partial charge in [0.05, 0.1) is 6.04 Å². The maximum absolute atomic E-state index is 3.44. The van der Waals surface area contributed by atoms with Crippen molar-refractivity contribution in [2.24, 2.45) is 7.05 Å². The van der Waals surface area contributed by atoms with Crippen LogP contribution in [0.1, 0.15) is 25.5 Å². The van der Waals surface area contributed by atoms with Gasteiger partial charge in [0, 0.05) is 29.7 Å². The van der Waals surface area contributed by atoms with Crippen molar-refractivity contribution in [1.82, 2.24) is 15.2 Å². The number of hydrogen-bond donors (Lipinski definition) is 2. The fourth-order valence-corrected chi connectivity index (χ4v) is 2.65. The molecule has 1 atom stereocenters. The molecule has 2 aromatic rings. The van der Waals surface area contributed by atoms with Gasteiger partial charge in [-0.3, -0.25) is 0 Å². The Hall–Kier alpha value is -1.32. The molecular formula is C15H23N3. The zero-order valence-electron chi connectivity index (χ0n) is 11.9. The van der Waals surface area contributed by atoms with Gasteiger partial charge < -0.3 is 15.2 Å². The smallest absolute Gasteiger partial charge is 0.0518 e. The van der Waals surface area contributed by atoms with Crippen LogP contribution in [0.4, 0.5) is 0 Å². The normalized spacial score (nSPS) is 14.1. The van der Waals surface area contributed by atoms with Crippen molar-refractivity contribution in [1.29, 1.82) is 0 Å². The lowest BCUT2D eigenvalue weighted by atomic mass is 9.88. The highest BCUT2D eigenvalue weighted by Crippen LogP contribution is 2.31. The topological polar surface area (TPSA) is 29.0 Å². The van der Waals surface area contributed by atoms with E-state index < -0.39 is 0 Å². The van der Waals surface area contributed by atoms with Gasteiger partial charge in [0.2, 0.25) is 0 Å². The molecule has 0 bridgehead atoms. The Kier molecular flexibility index (Phi) is 3.46. The Morgan fingerprint density at radius 3 is 2.44 bits per heavy atom. The Balaban J connectivity index is 2.59. The summed E-state index contributed by atoms with van der Waals surface area (Å²) < 4.78 is 2.20. The van der Waals surface area contributed by atoms with Gasteiger partial charge in [-0.15, -0.1) is 0 Å². The van der Waals surface area contributed by atoms with Gasteiger partial charge >= 0.3 is 0 Å². The minimum Gasteiger partial charge on any atom is -0.350 e. The summed E-state index contributed by atoms with van der Waals surface area (Å²) in [7, 11) is 6.13. The van der Waals surface area contributed by atoms with Crippen LogP contribution in [0.5, 0.6) is 0 Å². The second-order valence-electron chi connectivity index (χ2n) is 5.41. The fourth-order valence-electron chi connectivity index (χ4n) is 2.65. The lowest BCUT2D eigenvalue weighted by molar-refractivity contribution is 0.312. The van der Waals surface area contributed by atoms with Gasteiger partial charge in [0.1, 0.15) is 0 Å². The number of para-hydroxylation sites is 1. The summed E-state index contributed by atoms with van der Waals surface area (Å²) in [4.78, 5) is 0. The lowest BCUT2D eigenvalue weighted by Gasteiger charge is -2.34. The summed E-state index contributed by atoms with van der Waals surface area (Å²) in [6, 6.07) is 8.82. The van der Waals surface area contributed by atoms with Crippen molar-refractivity contribution in [3.8, 4) is 0 Å². The predicted molar refractivity (Wildman–Crippen MR) is 77.9 cm³/mol. The number of nitrogens with one attached hydrogen (secondary N) is 2. The van der Waals surface area contributed by atoms with Gasteiger partial charge in [-0.05, 0) is 39.6 Å². The van der Waals surface area contributed by atoms with Gasteiger partial charge in [0.15, 0.2) is 0 Å². The molecule has 98 valence electrons. The van der Waals surface area contributed by atoms with Gasteiger partial charge in [-0.1, -0.05) is 18.2 Å². The standard InChI is InChI=1S/C15H23N3/c1-15(2,17-4)14(16-3)12-10-18(5)13-9-7-6-8-11(12)13/h6-10,14,16-17H,1-5H3. The number of likely N-dealkylation sites (N-methyl/N-ethyl adjacent to an activating group) is 2. The van der Waals surface area contributed by atoms with Gasteiger partial charge in [0.25, 0.3) is 0 Å². The summed E-state index contributed by atoms with van der Waals surface area (Å²) >= 11 is 0. The molecule has 2 N–H and O–H groups in total. The van der Waals surface area contributed by atoms with E-state index in [1.54, 1.807) is 0 Å². The van der Waals surface area contributed by atoms with Crippen molar-refractivity contribution in [2.75, 3.05) is 14.1 Å². The molecule has 0 amide bonds. The molecule has 1 heterocycles. The first-order valence-electron chi connectivity index (χ1n) is 6.41. The third kappa shape index (κ3) is 2.04. The molecule has 0 aliphatic carbocycles. The third-order valence-electron chi connectivity index (χ3n) is 3.89. The van der Waals surface area contributed by atoms with Crippen LogP contribution in [-0.2, 0) is 7.05 Å². The number of fused-ring (bicyclic) bond motifs is 1. The molecule has 0 saturated carbocycles. The minimum absolute atomic E-state index is 0.00112. The quantitative estimate of drug-likeness (QED) is 0.866. The van der Waals surface area contributed by atoms with E-state index in [1.807, 2.05) is 14.1 Å².